The van der Waals surface area contributed by atoms with Crippen LogP contribution in [0.2, 0.25) is 0 Å². The third-order valence-corrected chi connectivity index (χ3v) is 6.13. The molecule has 1 aliphatic heterocycles. The zero-order chi connectivity index (χ0) is 20.0. The maximum atomic E-state index is 6.11. The molecule has 3 aromatic heterocycles. The van der Waals surface area contributed by atoms with Gasteiger partial charge in [0.2, 0.25) is 0 Å². The van der Waals surface area contributed by atoms with Gasteiger partial charge in [0.25, 0.3) is 0 Å². The molecule has 0 amide bonds. The molecular formula is C23H26N6. The number of benzene rings is 1. The molecule has 148 valence electrons. The summed E-state index contributed by atoms with van der Waals surface area (Å²) in [7, 11) is 0. The molecule has 4 heterocycles. The lowest BCUT2D eigenvalue weighted by Gasteiger charge is -2.24. The molecule has 1 fully saturated rings. The number of rotatable bonds is 4. The highest BCUT2D eigenvalue weighted by Crippen LogP contribution is 2.27. The number of fused-ring (bicyclic) bond motifs is 2. The summed E-state index contributed by atoms with van der Waals surface area (Å²) in [6.45, 7) is 6.39. The summed E-state index contributed by atoms with van der Waals surface area (Å²) in [6, 6.07) is 15.3. The van der Waals surface area contributed by atoms with Crippen molar-refractivity contribution in [1.82, 2.24) is 24.5 Å². The van der Waals surface area contributed by atoms with Crippen LogP contribution in [0.4, 0.5) is 0 Å². The predicted octanol–water partition coefficient (Wildman–Crippen LogP) is 3.60. The molecule has 0 radical (unpaired) electrons. The molecule has 1 saturated heterocycles. The summed E-state index contributed by atoms with van der Waals surface area (Å²) in [6.07, 6.45) is 4.16. The molecule has 6 heteroatoms. The Labute approximate surface area is 170 Å². The second-order valence-electron chi connectivity index (χ2n) is 7.97. The van der Waals surface area contributed by atoms with E-state index in [0.29, 0.717) is 6.04 Å². The monoisotopic (exact) mass is 386 g/mol. The fraction of sp³-hybridized carbons (Fsp3) is 0.348. The fourth-order valence-corrected chi connectivity index (χ4v) is 4.33. The molecule has 0 bridgehead atoms. The van der Waals surface area contributed by atoms with Crippen LogP contribution in [0.25, 0.3) is 28.1 Å². The molecule has 2 N–H and O–H groups in total. The van der Waals surface area contributed by atoms with Crippen LogP contribution < -0.4 is 5.73 Å². The van der Waals surface area contributed by atoms with E-state index in [9.17, 15) is 0 Å². The van der Waals surface area contributed by atoms with Crippen molar-refractivity contribution in [2.24, 2.45) is 5.73 Å². The minimum Gasteiger partial charge on any atom is -0.326 e. The maximum Gasteiger partial charge on any atom is 0.187 e. The standard InChI is InChI=1S/C23H26N6/c1-3-16-5-4-6-17-7-9-20(25-22(16)17)23-27-26-21-10-8-18(13-29(21)23)15(2)28-12-11-19(24)14-28/h4-10,13,15,19H,3,11-12,14,24H2,1-2H3/t15-,19-/m0/s1. The second-order valence-corrected chi connectivity index (χ2v) is 7.97. The van der Waals surface area contributed by atoms with Crippen molar-refractivity contribution < 1.29 is 0 Å². The number of pyridine rings is 2. The molecule has 0 unspecified atom stereocenters. The van der Waals surface area contributed by atoms with E-state index >= 15 is 0 Å². The fourth-order valence-electron chi connectivity index (χ4n) is 4.33. The predicted molar refractivity (Wildman–Crippen MR) is 116 cm³/mol. The SMILES string of the molecule is CCc1cccc2ccc(-c3nnc4ccc([C@H](C)N5CC[C@H](N)C5)cn34)nc12. The summed E-state index contributed by atoms with van der Waals surface area (Å²) < 4.78 is 2.06. The highest BCUT2D eigenvalue weighted by atomic mass is 15.3. The third kappa shape index (κ3) is 3.18. The summed E-state index contributed by atoms with van der Waals surface area (Å²) in [5.74, 6) is 0.778. The smallest absolute Gasteiger partial charge is 0.187 e. The Balaban J connectivity index is 1.58. The number of nitrogens with two attached hydrogens (primary N) is 1. The zero-order valence-corrected chi connectivity index (χ0v) is 16.9. The number of aryl methyl sites for hydroxylation is 1. The van der Waals surface area contributed by atoms with Crippen molar-refractivity contribution in [3.63, 3.8) is 0 Å². The number of hydrogen-bond donors (Lipinski definition) is 1. The second kappa shape index (κ2) is 7.21. The van der Waals surface area contributed by atoms with Crippen molar-refractivity contribution >= 4 is 16.6 Å². The van der Waals surface area contributed by atoms with Crippen molar-refractivity contribution in [2.45, 2.75) is 38.8 Å². The number of likely N-dealkylation sites (tertiary alicyclic amines) is 1. The van der Waals surface area contributed by atoms with Crippen molar-refractivity contribution in [3.05, 3.63) is 59.8 Å². The lowest BCUT2D eigenvalue weighted by Crippen LogP contribution is -2.28. The topological polar surface area (TPSA) is 72.3 Å². The largest absolute Gasteiger partial charge is 0.326 e. The average Bonchev–Trinajstić information content (AvgIpc) is 3.38. The third-order valence-electron chi connectivity index (χ3n) is 6.13. The number of nitrogens with zero attached hydrogens (tertiary/aromatic N) is 5. The molecule has 1 aromatic carbocycles. The molecule has 2 atom stereocenters. The van der Waals surface area contributed by atoms with Gasteiger partial charge in [-0.1, -0.05) is 37.3 Å². The van der Waals surface area contributed by atoms with Gasteiger partial charge in [0.05, 0.1) is 5.52 Å². The molecule has 0 spiro atoms. The lowest BCUT2D eigenvalue weighted by atomic mass is 10.1. The molecule has 0 saturated carbocycles. The van der Waals surface area contributed by atoms with Crippen LogP contribution >= 0.6 is 0 Å². The minimum atomic E-state index is 0.279. The van der Waals surface area contributed by atoms with Gasteiger partial charge in [-0.2, -0.15) is 0 Å². The molecule has 29 heavy (non-hydrogen) atoms. The number of hydrogen-bond acceptors (Lipinski definition) is 5. The van der Waals surface area contributed by atoms with Gasteiger partial charge in [0.1, 0.15) is 5.69 Å². The van der Waals surface area contributed by atoms with E-state index in [1.54, 1.807) is 0 Å². The summed E-state index contributed by atoms with van der Waals surface area (Å²) in [5, 5.41) is 9.98. The van der Waals surface area contributed by atoms with E-state index in [2.05, 4.69) is 69.9 Å². The Morgan fingerprint density at radius 2 is 2.03 bits per heavy atom. The van der Waals surface area contributed by atoms with Crippen LogP contribution in [-0.2, 0) is 6.42 Å². The number of para-hydroxylation sites is 1. The lowest BCUT2D eigenvalue weighted by molar-refractivity contribution is 0.259. The van der Waals surface area contributed by atoms with Gasteiger partial charge in [-0.15, -0.1) is 10.2 Å². The molecule has 4 aromatic rings. The van der Waals surface area contributed by atoms with Gasteiger partial charge in [-0.3, -0.25) is 9.30 Å². The highest BCUT2D eigenvalue weighted by Gasteiger charge is 2.25. The normalized spacial score (nSPS) is 18.7. The van der Waals surface area contributed by atoms with Crippen LogP contribution in [0.1, 0.15) is 37.4 Å². The van der Waals surface area contributed by atoms with Gasteiger partial charge in [-0.25, -0.2) is 4.98 Å². The molecular weight excluding hydrogens is 360 g/mol. The van der Waals surface area contributed by atoms with Gasteiger partial charge in [-0.05, 0) is 43.0 Å². The minimum absolute atomic E-state index is 0.279. The summed E-state index contributed by atoms with van der Waals surface area (Å²) in [5.41, 5.74) is 11.3. The summed E-state index contributed by atoms with van der Waals surface area (Å²) >= 11 is 0. The zero-order valence-electron chi connectivity index (χ0n) is 16.9. The quantitative estimate of drug-likeness (QED) is 0.580. The van der Waals surface area contributed by atoms with Gasteiger partial charge in [0, 0.05) is 36.8 Å². The number of aromatic nitrogens is 4. The van der Waals surface area contributed by atoms with Gasteiger partial charge >= 0.3 is 0 Å². The van der Waals surface area contributed by atoms with E-state index in [1.807, 2.05) is 12.1 Å². The molecule has 1 aliphatic rings. The van der Waals surface area contributed by atoms with Gasteiger partial charge in [0.15, 0.2) is 11.5 Å². The summed E-state index contributed by atoms with van der Waals surface area (Å²) in [4.78, 5) is 7.39. The van der Waals surface area contributed by atoms with E-state index < -0.39 is 0 Å². The van der Waals surface area contributed by atoms with Crippen molar-refractivity contribution in [3.8, 4) is 11.5 Å². The van der Waals surface area contributed by atoms with Gasteiger partial charge < -0.3 is 5.73 Å². The van der Waals surface area contributed by atoms with Crippen LogP contribution in [-0.4, -0.2) is 43.6 Å². The molecule has 5 rings (SSSR count). The Hall–Kier alpha value is -2.83. The van der Waals surface area contributed by atoms with Crippen molar-refractivity contribution in [1.29, 1.82) is 0 Å². The first kappa shape index (κ1) is 18.2. The Bertz CT molecular complexity index is 1180. The molecule has 6 nitrogen and oxygen atoms in total. The van der Waals surface area contributed by atoms with Crippen molar-refractivity contribution in [2.75, 3.05) is 13.1 Å². The Morgan fingerprint density at radius 3 is 2.83 bits per heavy atom. The van der Waals surface area contributed by atoms with Crippen LogP contribution in [0.5, 0.6) is 0 Å². The highest BCUT2D eigenvalue weighted by molar-refractivity contribution is 5.84. The van der Waals surface area contributed by atoms with Crippen LogP contribution in [0.15, 0.2) is 48.7 Å². The van der Waals surface area contributed by atoms with E-state index in [0.717, 1.165) is 54.0 Å². The average molecular weight is 387 g/mol. The van der Waals surface area contributed by atoms with E-state index in [-0.39, 0.29) is 6.04 Å². The first-order chi connectivity index (χ1) is 14.1. The van der Waals surface area contributed by atoms with Crippen LogP contribution in [0, 0.1) is 0 Å². The molecule has 0 aliphatic carbocycles. The Morgan fingerprint density at radius 1 is 1.14 bits per heavy atom. The van der Waals surface area contributed by atoms with E-state index in [1.165, 1.54) is 11.1 Å². The van der Waals surface area contributed by atoms with Crippen LogP contribution in [0.3, 0.4) is 0 Å². The maximum absolute atomic E-state index is 6.11. The first-order valence-corrected chi connectivity index (χ1v) is 10.4. The Kier molecular flexibility index (Phi) is 4.53. The first-order valence-electron chi connectivity index (χ1n) is 10.4. The van der Waals surface area contributed by atoms with E-state index in [4.69, 9.17) is 10.7 Å².